The van der Waals surface area contributed by atoms with E-state index in [1.807, 2.05) is 36.5 Å². The average Bonchev–Trinajstić information content (AvgIpc) is 2.40. The van der Waals surface area contributed by atoms with Crippen molar-refractivity contribution in [3.05, 3.63) is 53.2 Å². The Balaban J connectivity index is 2.15. The van der Waals surface area contributed by atoms with Crippen molar-refractivity contribution < 1.29 is 0 Å². The highest BCUT2D eigenvalue weighted by Gasteiger charge is 2.05. The molecule has 0 radical (unpaired) electrons. The van der Waals surface area contributed by atoms with Gasteiger partial charge in [0.25, 0.3) is 0 Å². The molecular weight excluding hydrogens is 264 g/mol. The highest BCUT2D eigenvalue weighted by molar-refractivity contribution is 7.99. The summed E-state index contributed by atoms with van der Waals surface area (Å²) in [5, 5.41) is 5.13. The minimum absolute atomic E-state index is 0.758. The Morgan fingerprint density at radius 2 is 2.00 bits per heavy atom. The van der Waals surface area contributed by atoms with Gasteiger partial charge >= 0.3 is 0 Å². The lowest BCUT2D eigenvalue weighted by molar-refractivity contribution is 0.711. The van der Waals surface area contributed by atoms with E-state index in [2.05, 4.69) is 23.3 Å². The van der Waals surface area contributed by atoms with Gasteiger partial charge in [-0.1, -0.05) is 36.4 Å². The Kier molecular flexibility index (Phi) is 5.05. The lowest BCUT2D eigenvalue weighted by atomic mass is 10.3. The molecule has 2 aromatic rings. The minimum Gasteiger partial charge on any atom is -0.313 e. The van der Waals surface area contributed by atoms with E-state index >= 15 is 0 Å². The van der Waals surface area contributed by atoms with Crippen molar-refractivity contribution in [2.24, 2.45) is 0 Å². The third-order valence-electron chi connectivity index (χ3n) is 2.44. The maximum absolute atomic E-state index is 5.88. The van der Waals surface area contributed by atoms with E-state index in [1.165, 1.54) is 5.56 Å². The third kappa shape index (κ3) is 3.73. The molecule has 0 amide bonds. The van der Waals surface area contributed by atoms with Crippen LogP contribution in [0, 0.1) is 0 Å². The fraction of sp³-hybridized carbons (Fsp3) is 0.214. The zero-order chi connectivity index (χ0) is 12.8. The van der Waals surface area contributed by atoms with Crippen molar-refractivity contribution in [2.45, 2.75) is 23.4 Å². The van der Waals surface area contributed by atoms with E-state index in [0.717, 1.165) is 28.0 Å². The molecule has 4 heteroatoms. The maximum atomic E-state index is 5.88. The summed E-state index contributed by atoms with van der Waals surface area (Å²) in [6, 6.07) is 11.9. The zero-order valence-corrected chi connectivity index (χ0v) is 11.8. The summed E-state index contributed by atoms with van der Waals surface area (Å²) in [7, 11) is 0. The van der Waals surface area contributed by atoms with Crippen LogP contribution >= 0.6 is 23.4 Å². The first-order chi connectivity index (χ1) is 8.79. The van der Waals surface area contributed by atoms with Crippen molar-refractivity contribution in [1.82, 2.24) is 10.3 Å². The molecule has 0 aliphatic heterocycles. The lowest BCUT2D eigenvalue weighted by Gasteiger charge is -2.08. The predicted molar refractivity (Wildman–Crippen MR) is 77.2 cm³/mol. The van der Waals surface area contributed by atoms with Crippen molar-refractivity contribution in [1.29, 1.82) is 0 Å². The predicted octanol–water partition coefficient (Wildman–Crippen LogP) is 4.00. The number of rotatable bonds is 5. The highest BCUT2D eigenvalue weighted by Crippen LogP contribution is 2.29. The topological polar surface area (TPSA) is 24.9 Å². The molecule has 18 heavy (non-hydrogen) atoms. The molecule has 0 atom stereocenters. The molecule has 0 aliphatic rings. The Hall–Kier alpha value is -1.03. The second-order valence-corrected chi connectivity index (χ2v) is 5.30. The van der Waals surface area contributed by atoms with Crippen molar-refractivity contribution >= 4 is 23.4 Å². The van der Waals surface area contributed by atoms with E-state index in [-0.39, 0.29) is 0 Å². The molecule has 0 saturated carbocycles. The van der Waals surface area contributed by atoms with Crippen LogP contribution in [0.1, 0.15) is 12.5 Å². The van der Waals surface area contributed by atoms with Gasteiger partial charge in [-0.2, -0.15) is 0 Å². The van der Waals surface area contributed by atoms with Crippen LogP contribution in [0.15, 0.2) is 52.5 Å². The monoisotopic (exact) mass is 278 g/mol. The van der Waals surface area contributed by atoms with E-state index in [9.17, 15) is 0 Å². The van der Waals surface area contributed by atoms with Crippen molar-refractivity contribution in [3.63, 3.8) is 0 Å². The van der Waals surface area contributed by atoms with Crippen LogP contribution in [0.25, 0.3) is 0 Å². The molecule has 94 valence electrons. The summed E-state index contributed by atoms with van der Waals surface area (Å²) < 4.78 is 0. The smallest absolute Gasteiger partial charge is 0.105 e. The molecule has 2 nitrogen and oxygen atoms in total. The number of halogens is 1. The number of benzene rings is 1. The van der Waals surface area contributed by atoms with Gasteiger partial charge in [-0.05, 0) is 42.4 Å². The normalized spacial score (nSPS) is 10.6. The average molecular weight is 279 g/mol. The first-order valence-corrected chi connectivity index (χ1v) is 7.07. The molecule has 1 N–H and O–H groups in total. The fourth-order valence-corrected chi connectivity index (χ4v) is 2.53. The largest absolute Gasteiger partial charge is 0.313 e. The Bertz CT molecular complexity index is 499. The van der Waals surface area contributed by atoms with Crippen LogP contribution in [0.3, 0.4) is 0 Å². The van der Waals surface area contributed by atoms with Gasteiger partial charge in [-0.15, -0.1) is 0 Å². The molecule has 0 spiro atoms. The molecule has 0 aliphatic carbocycles. The van der Waals surface area contributed by atoms with Crippen LogP contribution in [0.4, 0.5) is 0 Å². The van der Waals surface area contributed by atoms with Gasteiger partial charge in [0.05, 0.1) is 0 Å². The Morgan fingerprint density at radius 1 is 1.22 bits per heavy atom. The maximum Gasteiger partial charge on any atom is 0.105 e. The van der Waals surface area contributed by atoms with Gasteiger partial charge in [0.2, 0.25) is 0 Å². The number of hydrogen-bond acceptors (Lipinski definition) is 3. The van der Waals surface area contributed by atoms with Gasteiger partial charge < -0.3 is 5.32 Å². The second-order valence-electron chi connectivity index (χ2n) is 3.80. The number of nitrogens with one attached hydrogen (secondary N) is 1. The molecule has 0 saturated heterocycles. The SMILES string of the molecule is CCNCc1cccnc1Sc1ccc(Cl)cc1. The molecule has 0 fully saturated rings. The van der Waals surface area contributed by atoms with Crippen LogP contribution in [-0.4, -0.2) is 11.5 Å². The zero-order valence-electron chi connectivity index (χ0n) is 10.2. The van der Waals surface area contributed by atoms with Gasteiger partial charge in [0, 0.05) is 22.7 Å². The summed E-state index contributed by atoms with van der Waals surface area (Å²) in [6.07, 6.45) is 1.83. The first-order valence-electron chi connectivity index (χ1n) is 5.87. The lowest BCUT2D eigenvalue weighted by Crippen LogP contribution is -2.12. The van der Waals surface area contributed by atoms with Gasteiger partial charge in [-0.3, -0.25) is 0 Å². The van der Waals surface area contributed by atoms with Gasteiger partial charge in [-0.25, -0.2) is 4.98 Å². The van der Waals surface area contributed by atoms with Gasteiger partial charge in [0.15, 0.2) is 0 Å². The summed E-state index contributed by atoms with van der Waals surface area (Å²) >= 11 is 7.54. The molecule has 1 heterocycles. The van der Waals surface area contributed by atoms with Gasteiger partial charge in [0.1, 0.15) is 5.03 Å². The number of nitrogens with zero attached hydrogens (tertiary/aromatic N) is 1. The van der Waals surface area contributed by atoms with Crippen LogP contribution in [0.2, 0.25) is 5.02 Å². The summed E-state index contributed by atoms with van der Waals surface area (Å²) in [5.41, 5.74) is 1.22. The molecule has 1 aromatic heterocycles. The number of hydrogen-bond donors (Lipinski definition) is 1. The summed E-state index contributed by atoms with van der Waals surface area (Å²) in [6.45, 7) is 3.91. The van der Waals surface area contributed by atoms with Crippen molar-refractivity contribution in [3.8, 4) is 0 Å². The molecule has 2 rings (SSSR count). The van der Waals surface area contributed by atoms with E-state index in [1.54, 1.807) is 11.8 Å². The summed E-state index contributed by atoms with van der Waals surface area (Å²) in [4.78, 5) is 5.59. The number of aromatic nitrogens is 1. The van der Waals surface area contributed by atoms with Crippen LogP contribution in [-0.2, 0) is 6.54 Å². The summed E-state index contributed by atoms with van der Waals surface area (Å²) in [5.74, 6) is 0. The fourth-order valence-electron chi connectivity index (χ4n) is 1.52. The second kappa shape index (κ2) is 6.78. The molecule has 0 bridgehead atoms. The third-order valence-corrected chi connectivity index (χ3v) is 3.76. The van der Waals surface area contributed by atoms with E-state index in [0.29, 0.717) is 0 Å². The molecule has 0 unspecified atom stereocenters. The Morgan fingerprint density at radius 3 is 2.72 bits per heavy atom. The highest BCUT2D eigenvalue weighted by atomic mass is 35.5. The standard InChI is InChI=1S/C14H15ClN2S/c1-2-16-10-11-4-3-9-17-14(11)18-13-7-5-12(15)6-8-13/h3-9,16H,2,10H2,1H3. The van der Waals surface area contributed by atoms with Crippen molar-refractivity contribution in [2.75, 3.05) is 6.54 Å². The molecular formula is C14H15ClN2S. The van der Waals surface area contributed by atoms with Crippen LogP contribution in [0.5, 0.6) is 0 Å². The first kappa shape index (κ1) is 13.4. The minimum atomic E-state index is 0.758. The Labute approximate surface area is 117 Å². The van der Waals surface area contributed by atoms with E-state index in [4.69, 9.17) is 11.6 Å². The molecule has 1 aromatic carbocycles. The van der Waals surface area contributed by atoms with E-state index < -0.39 is 0 Å². The quantitative estimate of drug-likeness (QED) is 0.895. The number of pyridine rings is 1. The van der Waals surface area contributed by atoms with Crippen LogP contribution < -0.4 is 5.32 Å².